The summed E-state index contributed by atoms with van der Waals surface area (Å²) >= 11 is 30.6. The fourth-order valence-corrected chi connectivity index (χ4v) is 3.40. The lowest BCUT2D eigenvalue weighted by atomic mass is 10.1. The van der Waals surface area contributed by atoms with Gasteiger partial charge < -0.3 is 0 Å². The van der Waals surface area contributed by atoms with E-state index in [9.17, 15) is 4.79 Å². The third-order valence-corrected chi connectivity index (χ3v) is 5.36. The number of allylic oxidation sites excluding steroid dienone is 1. The highest BCUT2D eigenvalue weighted by Crippen LogP contribution is 2.41. The molecule has 0 aliphatic heterocycles. The Morgan fingerprint density at radius 3 is 2.05 bits per heavy atom. The fourth-order valence-electron chi connectivity index (χ4n) is 1.45. The molecule has 2 nitrogen and oxygen atoms in total. The van der Waals surface area contributed by atoms with E-state index in [2.05, 4.69) is 4.98 Å². The van der Waals surface area contributed by atoms with E-state index in [4.69, 9.17) is 58.0 Å². The number of benzene rings is 1. The van der Waals surface area contributed by atoms with Crippen LogP contribution < -0.4 is 0 Å². The van der Waals surface area contributed by atoms with Gasteiger partial charge in [0.1, 0.15) is 0 Å². The summed E-state index contributed by atoms with van der Waals surface area (Å²) in [7, 11) is 0. The first-order chi connectivity index (χ1) is 10.4. The summed E-state index contributed by atoms with van der Waals surface area (Å²) in [5, 5.41) is 2.59. The molecule has 0 aliphatic rings. The molecule has 22 heavy (non-hydrogen) atoms. The van der Waals surface area contributed by atoms with Gasteiger partial charge in [-0.1, -0.05) is 69.8 Å². The summed E-state index contributed by atoms with van der Waals surface area (Å²) in [6.07, 6.45) is 1.39. The lowest BCUT2D eigenvalue weighted by Gasteiger charge is -2.06. The first kappa shape index (κ1) is 17.9. The highest BCUT2D eigenvalue weighted by Gasteiger charge is 2.15. The van der Waals surface area contributed by atoms with Crippen molar-refractivity contribution >= 4 is 75.5 Å². The van der Waals surface area contributed by atoms with E-state index in [0.29, 0.717) is 15.5 Å². The Kier molecular flexibility index (Phi) is 6.45. The van der Waals surface area contributed by atoms with Crippen molar-refractivity contribution in [3.63, 3.8) is 0 Å². The van der Waals surface area contributed by atoms with Crippen molar-refractivity contribution in [1.29, 1.82) is 0 Å². The van der Waals surface area contributed by atoms with Crippen LogP contribution in [0.3, 0.4) is 0 Å². The second-order valence-corrected chi connectivity index (χ2v) is 6.77. The van der Waals surface area contributed by atoms with Crippen LogP contribution in [0.4, 0.5) is 0 Å². The predicted molar refractivity (Wildman–Crippen MR) is 95.1 cm³/mol. The minimum absolute atomic E-state index is 0.0518. The highest BCUT2D eigenvalue weighted by molar-refractivity contribution is 8.02. The zero-order valence-corrected chi connectivity index (χ0v) is 15.2. The zero-order chi connectivity index (χ0) is 16.3. The summed E-state index contributed by atoms with van der Waals surface area (Å²) in [5.41, 5.74) is 0.518. The molecule has 0 bridgehead atoms. The monoisotopic (exact) mass is 411 g/mol. The van der Waals surface area contributed by atoms with Gasteiger partial charge in [-0.2, -0.15) is 0 Å². The van der Waals surface area contributed by atoms with Crippen molar-refractivity contribution in [2.45, 2.75) is 4.90 Å². The number of carbonyl (C=O) groups is 1. The molecule has 0 saturated heterocycles. The standard InChI is InChI=1S/C14H6Cl5NOS/c15-8-3-1-7(2-4-8)9(21)5-6-22-12-10(16)13(18)20-14(19)11(12)17/h1-6H/b6-5-. The van der Waals surface area contributed by atoms with Crippen molar-refractivity contribution in [2.24, 2.45) is 0 Å². The molecule has 0 fully saturated rings. The maximum Gasteiger partial charge on any atom is 0.186 e. The Morgan fingerprint density at radius 2 is 1.50 bits per heavy atom. The van der Waals surface area contributed by atoms with Gasteiger partial charge in [0.05, 0.1) is 14.9 Å². The van der Waals surface area contributed by atoms with Gasteiger partial charge in [-0.3, -0.25) is 4.79 Å². The van der Waals surface area contributed by atoms with Crippen molar-refractivity contribution < 1.29 is 4.79 Å². The highest BCUT2D eigenvalue weighted by atomic mass is 35.5. The molecular weight excluding hydrogens is 407 g/mol. The normalized spacial score (nSPS) is 11.1. The van der Waals surface area contributed by atoms with Gasteiger partial charge in [0.2, 0.25) is 0 Å². The number of rotatable bonds is 4. The lowest BCUT2D eigenvalue weighted by Crippen LogP contribution is -1.92. The summed E-state index contributed by atoms with van der Waals surface area (Å²) in [6.45, 7) is 0. The van der Waals surface area contributed by atoms with E-state index in [1.807, 2.05) is 0 Å². The molecular formula is C14H6Cl5NOS. The average molecular weight is 414 g/mol. The molecule has 8 heteroatoms. The molecule has 0 aliphatic carbocycles. The molecule has 1 heterocycles. The van der Waals surface area contributed by atoms with Gasteiger partial charge >= 0.3 is 0 Å². The maximum absolute atomic E-state index is 12.0. The van der Waals surface area contributed by atoms with Crippen LogP contribution in [0.2, 0.25) is 25.4 Å². The maximum atomic E-state index is 12.0. The Morgan fingerprint density at radius 1 is 0.955 bits per heavy atom. The molecule has 0 N–H and O–H groups in total. The van der Waals surface area contributed by atoms with Crippen LogP contribution in [0.15, 0.2) is 40.6 Å². The summed E-state index contributed by atoms with van der Waals surface area (Å²) < 4.78 is 0. The van der Waals surface area contributed by atoms with E-state index < -0.39 is 0 Å². The number of nitrogens with zero attached hydrogens (tertiary/aromatic N) is 1. The molecule has 1 aromatic heterocycles. The molecule has 0 saturated carbocycles. The summed E-state index contributed by atoms with van der Waals surface area (Å²) in [5.74, 6) is -0.178. The zero-order valence-electron chi connectivity index (χ0n) is 10.6. The van der Waals surface area contributed by atoms with Gasteiger partial charge in [0, 0.05) is 10.6 Å². The summed E-state index contributed by atoms with van der Waals surface area (Å²) in [4.78, 5) is 16.2. The number of ketones is 1. The van der Waals surface area contributed by atoms with Gasteiger partial charge in [-0.05, 0) is 35.7 Å². The molecule has 2 aromatic rings. The number of hydrogen-bond donors (Lipinski definition) is 0. The Hall–Kier alpha value is -0.420. The molecule has 2 rings (SSSR count). The quantitative estimate of drug-likeness (QED) is 0.238. The minimum Gasteiger partial charge on any atom is -0.289 e. The number of thioether (sulfide) groups is 1. The average Bonchev–Trinajstić information content (AvgIpc) is 2.49. The fraction of sp³-hybridized carbons (Fsp3) is 0. The van der Waals surface area contributed by atoms with Gasteiger partial charge in [0.15, 0.2) is 16.1 Å². The third kappa shape index (κ3) is 4.31. The van der Waals surface area contributed by atoms with Crippen LogP contribution in [-0.2, 0) is 0 Å². The Bertz CT molecular complexity index is 720. The second kappa shape index (κ2) is 7.91. The van der Waals surface area contributed by atoms with E-state index in [0.717, 1.165) is 11.8 Å². The first-order valence-electron chi connectivity index (χ1n) is 5.73. The Balaban J connectivity index is 2.16. The molecule has 0 unspecified atom stereocenters. The van der Waals surface area contributed by atoms with Crippen molar-refractivity contribution in [3.05, 3.63) is 66.7 Å². The molecule has 114 valence electrons. The summed E-state index contributed by atoms with van der Waals surface area (Å²) in [6, 6.07) is 6.57. The van der Waals surface area contributed by atoms with Crippen LogP contribution in [0.5, 0.6) is 0 Å². The van der Waals surface area contributed by atoms with Crippen LogP contribution in [0.1, 0.15) is 10.4 Å². The van der Waals surface area contributed by atoms with Gasteiger partial charge in [0.25, 0.3) is 0 Å². The molecule has 0 radical (unpaired) electrons. The largest absolute Gasteiger partial charge is 0.289 e. The molecule has 0 amide bonds. The minimum atomic E-state index is -0.178. The van der Waals surface area contributed by atoms with Crippen molar-refractivity contribution in [2.75, 3.05) is 0 Å². The van der Waals surface area contributed by atoms with Crippen LogP contribution in [0.25, 0.3) is 0 Å². The number of aromatic nitrogens is 1. The molecule has 0 spiro atoms. The Labute approximate surface area is 156 Å². The predicted octanol–water partition coefficient (Wildman–Crippen LogP) is 6.84. The van der Waals surface area contributed by atoms with E-state index in [1.165, 1.54) is 6.08 Å². The van der Waals surface area contributed by atoms with Crippen LogP contribution in [-0.4, -0.2) is 10.8 Å². The van der Waals surface area contributed by atoms with Crippen molar-refractivity contribution in [3.8, 4) is 0 Å². The lowest BCUT2D eigenvalue weighted by molar-refractivity contribution is 0.104. The van der Waals surface area contributed by atoms with E-state index >= 15 is 0 Å². The molecule has 1 aromatic carbocycles. The third-order valence-electron chi connectivity index (χ3n) is 2.49. The van der Waals surface area contributed by atoms with Crippen LogP contribution in [0, 0.1) is 0 Å². The number of carbonyl (C=O) groups excluding carboxylic acids is 1. The van der Waals surface area contributed by atoms with Crippen molar-refractivity contribution in [1.82, 2.24) is 4.98 Å². The smallest absolute Gasteiger partial charge is 0.186 e. The SMILES string of the molecule is O=C(/C=C\Sc1c(Cl)c(Cl)nc(Cl)c1Cl)c1ccc(Cl)cc1. The molecule has 0 atom stereocenters. The topological polar surface area (TPSA) is 30.0 Å². The van der Waals surface area contributed by atoms with Gasteiger partial charge in [-0.15, -0.1) is 0 Å². The number of pyridine rings is 1. The van der Waals surface area contributed by atoms with Crippen LogP contribution >= 0.6 is 69.8 Å². The first-order valence-corrected chi connectivity index (χ1v) is 8.50. The number of hydrogen-bond acceptors (Lipinski definition) is 3. The van der Waals surface area contributed by atoms with E-state index in [1.54, 1.807) is 29.7 Å². The van der Waals surface area contributed by atoms with E-state index in [-0.39, 0.29) is 26.1 Å². The van der Waals surface area contributed by atoms with Gasteiger partial charge in [-0.25, -0.2) is 4.98 Å². The second-order valence-electron chi connectivity index (χ2n) is 3.94. The number of halogens is 5.